The van der Waals surface area contributed by atoms with Crippen molar-refractivity contribution in [2.45, 2.75) is 20.1 Å². The van der Waals surface area contributed by atoms with Crippen LogP contribution in [0, 0.1) is 6.92 Å². The van der Waals surface area contributed by atoms with E-state index in [0.29, 0.717) is 11.4 Å². The Morgan fingerprint density at radius 1 is 1.16 bits per heavy atom. The Kier molecular flexibility index (Phi) is 5.16. The van der Waals surface area contributed by atoms with Crippen molar-refractivity contribution in [3.05, 3.63) is 17.2 Å². The van der Waals surface area contributed by atoms with Crippen molar-refractivity contribution in [1.29, 1.82) is 0 Å². The minimum absolute atomic E-state index is 0.0216. The number of ether oxygens (including phenoxy) is 2. The largest absolute Gasteiger partial charge is 0.443 e. The van der Waals surface area contributed by atoms with E-state index in [1.165, 1.54) is 14.1 Å². The molecule has 0 spiro atoms. The summed E-state index contributed by atoms with van der Waals surface area (Å²) in [5, 5.41) is 4.70. The predicted octanol–water partition coefficient (Wildman–Crippen LogP) is 0.441. The predicted molar refractivity (Wildman–Crippen MR) is 66.4 cm³/mol. The van der Waals surface area contributed by atoms with Crippen molar-refractivity contribution in [3.63, 3.8) is 0 Å². The smallest absolute Gasteiger partial charge is 0.407 e. The first kappa shape index (κ1) is 14.8. The van der Waals surface area contributed by atoms with E-state index in [1.54, 1.807) is 11.6 Å². The second kappa shape index (κ2) is 6.62. The zero-order valence-electron chi connectivity index (χ0n) is 11.4. The molecule has 8 heteroatoms. The van der Waals surface area contributed by atoms with Gasteiger partial charge >= 0.3 is 12.2 Å². The molecule has 19 heavy (non-hydrogen) atoms. The summed E-state index contributed by atoms with van der Waals surface area (Å²) in [5.41, 5.74) is 1.25. The average Bonchev–Trinajstić information content (AvgIpc) is 2.68. The lowest BCUT2D eigenvalue weighted by Gasteiger charge is -2.08. The summed E-state index contributed by atoms with van der Waals surface area (Å²) in [5.74, 6) is 0.742. The van der Waals surface area contributed by atoms with Gasteiger partial charge in [-0.15, -0.1) is 0 Å². The van der Waals surface area contributed by atoms with Crippen LogP contribution in [0.25, 0.3) is 0 Å². The number of nitrogens with one attached hydrogen (secondary N) is 2. The summed E-state index contributed by atoms with van der Waals surface area (Å²) in [6, 6.07) is 0. The molecule has 0 unspecified atom stereocenters. The number of alkyl carbamates (subject to hydrolysis) is 2. The lowest BCUT2D eigenvalue weighted by Crippen LogP contribution is -2.21. The van der Waals surface area contributed by atoms with Gasteiger partial charge in [-0.25, -0.2) is 14.6 Å². The second-order valence-electron chi connectivity index (χ2n) is 3.76. The molecule has 0 saturated carbocycles. The SMILES string of the molecule is CNC(=O)OCc1nc(C)n(C)c1COC(=O)NC. The maximum Gasteiger partial charge on any atom is 0.407 e. The Labute approximate surface area is 111 Å². The number of rotatable bonds is 4. The summed E-state index contributed by atoms with van der Waals surface area (Å²) in [6.07, 6.45) is -1.07. The monoisotopic (exact) mass is 270 g/mol. The Morgan fingerprint density at radius 2 is 1.68 bits per heavy atom. The number of hydrogen-bond donors (Lipinski definition) is 2. The highest BCUT2D eigenvalue weighted by Crippen LogP contribution is 2.13. The van der Waals surface area contributed by atoms with Crippen molar-refractivity contribution in [2.75, 3.05) is 14.1 Å². The number of carbonyl (C=O) groups excluding carboxylic acids is 2. The van der Waals surface area contributed by atoms with E-state index in [2.05, 4.69) is 15.6 Å². The lowest BCUT2D eigenvalue weighted by atomic mass is 10.3. The first-order chi connectivity index (χ1) is 8.99. The first-order valence-electron chi connectivity index (χ1n) is 5.69. The number of amides is 2. The van der Waals surface area contributed by atoms with E-state index in [0.717, 1.165) is 5.82 Å². The van der Waals surface area contributed by atoms with E-state index in [1.807, 2.05) is 6.92 Å². The molecule has 2 amide bonds. The molecule has 0 aliphatic heterocycles. The van der Waals surface area contributed by atoms with E-state index < -0.39 is 12.2 Å². The number of imidazole rings is 1. The van der Waals surface area contributed by atoms with Gasteiger partial charge in [0.25, 0.3) is 0 Å². The number of carbonyl (C=O) groups is 2. The molecule has 2 N–H and O–H groups in total. The van der Waals surface area contributed by atoms with E-state index in [9.17, 15) is 9.59 Å². The zero-order valence-corrected chi connectivity index (χ0v) is 11.4. The molecule has 8 nitrogen and oxygen atoms in total. The zero-order chi connectivity index (χ0) is 14.4. The fourth-order valence-electron chi connectivity index (χ4n) is 1.43. The second-order valence-corrected chi connectivity index (χ2v) is 3.76. The van der Waals surface area contributed by atoms with Gasteiger partial charge in [-0.1, -0.05) is 0 Å². The van der Waals surface area contributed by atoms with Gasteiger partial charge in [-0.3, -0.25) is 0 Å². The minimum atomic E-state index is -0.540. The Morgan fingerprint density at radius 3 is 2.21 bits per heavy atom. The molecule has 0 aromatic carbocycles. The van der Waals surface area contributed by atoms with Crippen LogP contribution in [0.1, 0.15) is 17.2 Å². The summed E-state index contributed by atoms with van der Waals surface area (Å²) < 4.78 is 11.7. The minimum Gasteiger partial charge on any atom is -0.443 e. The molecular formula is C11H18N4O4. The maximum atomic E-state index is 11.1. The molecule has 0 aliphatic rings. The quantitative estimate of drug-likeness (QED) is 0.828. The van der Waals surface area contributed by atoms with Gasteiger partial charge in [-0.05, 0) is 6.92 Å². The maximum absolute atomic E-state index is 11.1. The van der Waals surface area contributed by atoms with Crippen LogP contribution in [0.4, 0.5) is 9.59 Å². The third kappa shape index (κ3) is 3.87. The van der Waals surface area contributed by atoms with Crippen molar-refractivity contribution in [2.24, 2.45) is 7.05 Å². The van der Waals surface area contributed by atoms with Crippen LogP contribution >= 0.6 is 0 Å². The summed E-state index contributed by atoms with van der Waals surface area (Å²) >= 11 is 0. The summed E-state index contributed by atoms with van der Waals surface area (Å²) in [7, 11) is 4.75. The number of aromatic nitrogens is 2. The molecule has 0 radical (unpaired) electrons. The Hall–Kier alpha value is -2.25. The van der Waals surface area contributed by atoms with E-state index in [-0.39, 0.29) is 13.2 Å². The summed E-state index contributed by atoms with van der Waals surface area (Å²) in [4.78, 5) is 26.4. The van der Waals surface area contributed by atoms with Crippen LogP contribution in [0.3, 0.4) is 0 Å². The van der Waals surface area contributed by atoms with E-state index in [4.69, 9.17) is 9.47 Å². The standard InChI is InChI=1S/C11H18N4O4/c1-7-14-8(5-18-10(16)12-2)9(15(7)4)6-19-11(17)13-3/h5-6H2,1-4H3,(H,12,16)(H,13,17). The number of hydrogen-bond acceptors (Lipinski definition) is 5. The third-order valence-electron chi connectivity index (χ3n) is 2.61. The van der Waals surface area contributed by atoms with Crippen LogP contribution in [0.15, 0.2) is 0 Å². The molecule has 0 saturated heterocycles. The fourth-order valence-corrected chi connectivity index (χ4v) is 1.43. The van der Waals surface area contributed by atoms with Crippen molar-refractivity contribution < 1.29 is 19.1 Å². The first-order valence-corrected chi connectivity index (χ1v) is 5.69. The lowest BCUT2D eigenvalue weighted by molar-refractivity contribution is 0.131. The van der Waals surface area contributed by atoms with Crippen LogP contribution in [0.2, 0.25) is 0 Å². The molecule has 0 atom stereocenters. The van der Waals surface area contributed by atoms with Gasteiger partial charge in [0.2, 0.25) is 0 Å². The molecule has 1 heterocycles. The van der Waals surface area contributed by atoms with E-state index >= 15 is 0 Å². The topological polar surface area (TPSA) is 94.5 Å². The summed E-state index contributed by atoms with van der Waals surface area (Å²) in [6.45, 7) is 1.89. The van der Waals surface area contributed by atoms with Crippen LogP contribution < -0.4 is 10.6 Å². The third-order valence-corrected chi connectivity index (χ3v) is 2.61. The van der Waals surface area contributed by atoms with Crippen molar-refractivity contribution in [1.82, 2.24) is 20.2 Å². The number of aryl methyl sites for hydroxylation is 1. The molecule has 0 bridgehead atoms. The van der Waals surface area contributed by atoms with Crippen LogP contribution in [-0.2, 0) is 29.7 Å². The van der Waals surface area contributed by atoms with Gasteiger partial charge in [0.05, 0.1) is 5.69 Å². The molecule has 0 aliphatic carbocycles. The number of nitrogens with zero attached hydrogens (tertiary/aromatic N) is 2. The normalized spacial score (nSPS) is 9.89. The molecular weight excluding hydrogens is 252 g/mol. The Bertz CT molecular complexity index is 470. The van der Waals surface area contributed by atoms with Crippen molar-refractivity contribution >= 4 is 12.2 Å². The highest BCUT2D eigenvalue weighted by atomic mass is 16.6. The van der Waals surface area contributed by atoms with Crippen molar-refractivity contribution in [3.8, 4) is 0 Å². The molecule has 0 fully saturated rings. The van der Waals surface area contributed by atoms with Crippen LogP contribution in [-0.4, -0.2) is 35.8 Å². The van der Waals surface area contributed by atoms with Gasteiger partial charge < -0.3 is 24.7 Å². The van der Waals surface area contributed by atoms with Gasteiger partial charge in [0, 0.05) is 21.1 Å². The molecule has 1 aromatic heterocycles. The van der Waals surface area contributed by atoms with Gasteiger partial charge in [0.1, 0.15) is 24.7 Å². The van der Waals surface area contributed by atoms with Gasteiger partial charge in [0.15, 0.2) is 0 Å². The fraction of sp³-hybridized carbons (Fsp3) is 0.545. The highest BCUT2D eigenvalue weighted by Gasteiger charge is 2.15. The molecule has 106 valence electrons. The molecule has 1 aromatic rings. The average molecular weight is 270 g/mol. The van der Waals surface area contributed by atoms with Gasteiger partial charge in [-0.2, -0.15) is 0 Å². The molecule has 1 rings (SSSR count). The highest BCUT2D eigenvalue weighted by molar-refractivity contribution is 5.67. The Balaban J connectivity index is 2.77. The van der Waals surface area contributed by atoms with Crippen LogP contribution in [0.5, 0.6) is 0 Å².